The molecule has 0 saturated carbocycles. The van der Waals surface area contributed by atoms with Gasteiger partial charge in [-0.15, -0.1) is 0 Å². The third kappa shape index (κ3) is 3.32. The van der Waals surface area contributed by atoms with Crippen LogP contribution in [0.1, 0.15) is 31.9 Å². The highest BCUT2D eigenvalue weighted by Crippen LogP contribution is 2.27. The number of halogens is 2. The van der Waals surface area contributed by atoms with Gasteiger partial charge in [0.05, 0.1) is 6.04 Å². The van der Waals surface area contributed by atoms with E-state index in [9.17, 15) is 4.39 Å². The van der Waals surface area contributed by atoms with E-state index in [0.29, 0.717) is 5.02 Å². The minimum absolute atomic E-state index is 0.00644. The van der Waals surface area contributed by atoms with Crippen LogP contribution in [0.25, 0.3) is 0 Å². The predicted molar refractivity (Wildman–Crippen MR) is 67.3 cm³/mol. The van der Waals surface area contributed by atoms with Crippen molar-refractivity contribution in [2.45, 2.75) is 26.3 Å². The van der Waals surface area contributed by atoms with Crippen molar-refractivity contribution in [2.75, 3.05) is 6.54 Å². The molecule has 0 spiro atoms. The molecule has 0 amide bonds. The molecule has 0 aliphatic carbocycles. The zero-order valence-electron chi connectivity index (χ0n) is 9.69. The third-order valence-electron chi connectivity index (χ3n) is 2.36. The summed E-state index contributed by atoms with van der Waals surface area (Å²) in [6, 6.07) is 4.46. The highest BCUT2D eigenvalue weighted by Gasteiger charge is 2.14. The van der Waals surface area contributed by atoms with Gasteiger partial charge in [0.15, 0.2) is 0 Å². The first kappa shape index (κ1) is 13.2. The van der Waals surface area contributed by atoms with Crippen LogP contribution >= 0.6 is 11.6 Å². The van der Waals surface area contributed by atoms with Gasteiger partial charge in [-0.3, -0.25) is 0 Å². The van der Waals surface area contributed by atoms with Crippen LogP contribution in [-0.4, -0.2) is 6.54 Å². The van der Waals surface area contributed by atoms with Crippen molar-refractivity contribution in [3.05, 3.63) is 46.8 Å². The summed E-state index contributed by atoms with van der Waals surface area (Å²) in [7, 11) is 0. The van der Waals surface area contributed by atoms with Crippen molar-refractivity contribution < 1.29 is 4.39 Å². The van der Waals surface area contributed by atoms with Gasteiger partial charge in [-0.2, -0.15) is 0 Å². The SMILES string of the molecule is C=C(C)C(NCCC)c1ccc(F)cc1Cl. The Morgan fingerprint density at radius 1 is 1.56 bits per heavy atom. The molecular formula is C13H17ClFN. The predicted octanol–water partition coefficient (Wildman–Crippen LogP) is 4.10. The van der Waals surface area contributed by atoms with E-state index in [2.05, 4.69) is 18.8 Å². The molecule has 0 bridgehead atoms. The molecule has 0 radical (unpaired) electrons. The van der Waals surface area contributed by atoms with Crippen LogP contribution in [0.4, 0.5) is 4.39 Å². The summed E-state index contributed by atoms with van der Waals surface area (Å²) < 4.78 is 12.9. The normalized spacial score (nSPS) is 12.5. The average molecular weight is 242 g/mol. The van der Waals surface area contributed by atoms with Crippen molar-refractivity contribution >= 4 is 11.6 Å². The summed E-state index contributed by atoms with van der Waals surface area (Å²) in [4.78, 5) is 0. The lowest BCUT2D eigenvalue weighted by atomic mass is 10.0. The Morgan fingerprint density at radius 3 is 2.75 bits per heavy atom. The molecular weight excluding hydrogens is 225 g/mol. The van der Waals surface area contributed by atoms with Crippen LogP contribution < -0.4 is 5.32 Å². The molecule has 1 aromatic carbocycles. The van der Waals surface area contributed by atoms with Gasteiger partial charge in [0.1, 0.15) is 5.82 Å². The van der Waals surface area contributed by atoms with Gasteiger partial charge in [0, 0.05) is 5.02 Å². The minimum atomic E-state index is -0.315. The zero-order valence-corrected chi connectivity index (χ0v) is 10.4. The second kappa shape index (κ2) is 6.02. The van der Waals surface area contributed by atoms with Crippen LogP contribution in [0, 0.1) is 5.82 Å². The van der Waals surface area contributed by atoms with Crippen molar-refractivity contribution in [2.24, 2.45) is 0 Å². The molecule has 16 heavy (non-hydrogen) atoms. The number of benzene rings is 1. The van der Waals surface area contributed by atoms with Crippen LogP contribution in [0.2, 0.25) is 5.02 Å². The van der Waals surface area contributed by atoms with Gasteiger partial charge in [0.2, 0.25) is 0 Å². The molecule has 0 aromatic heterocycles. The topological polar surface area (TPSA) is 12.0 Å². The van der Waals surface area contributed by atoms with Crippen LogP contribution in [0.5, 0.6) is 0 Å². The highest BCUT2D eigenvalue weighted by molar-refractivity contribution is 6.31. The van der Waals surface area contributed by atoms with E-state index in [-0.39, 0.29) is 11.9 Å². The number of hydrogen-bond acceptors (Lipinski definition) is 1. The lowest BCUT2D eigenvalue weighted by molar-refractivity contribution is 0.586. The highest BCUT2D eigenvalue weighted by atomic mass is 35.5. The maximum atomic E-state index is 12.9. The van der Waals surface area contributed by atoms with Crippen molar-refractivity contribution in [1.82, 2.24) is 5.32 Å². The molecule has 1 N–H and O–H groups in total. The third-order valence-corrected chi connectivity index (χ3v) is 2.69. The van der Waals surface area contributed by atoms with Gasteiger partial charge < -0.3 is 5.32 Å². The maximum absolute atomic E-state index is 12.9. The van der Waals surface area contributed by atoms with E-state index >= 15 is 0 Å². The molecule has 0 saturated heterocycles. The lowest BCUT2D eigenvalue weighted by Crippen LogP contribution is -2.23. The first-order valence-corrected chi connectivity index (χ1v) is 5.77. The van der Waals surface area contributed by atoms with Crippen molar-refractivity contribution in [1.29, 1.82) is 0 Å². The van der Waals surface area contributed by atoms with Gasteiger partial charge in [0.25, 0.3) is 0 Å². The molecule has 0 aliphatic rings. The molecule has 1 atom stereocenters. The standard InChI is InChI=1S/C13H17ClFN/c1-4-7-16-13(9(2)3)11-6-5-10(15)8-12(11)14/h5-6,8,13,16H,2,4,7H2,1,3H3. The van der Waals surface area contributed by atoms with Crippen LogP contribution in [0.3, 0.4) is 0 Å². The monoisotopic (exact) mass is 241 g/mol. The Labute approximate surface area is 101 Å². The fourth-order valence-corrected chi connectivity index (χ4v) is 1.85. The second-order valence-corrected chi connectivity index (χ2v) is 4.31. The summed E-state index contributed by atoms with van der Waals surface area (Å²) in [6.07, 6.45) is 1.03. The average Bonchev–Trinajstić information content (AvgIpc) is 2.20. The molecule has 0 fully saturated rings. The fourth-order valence-electron chi connectivity index (χ4n) is 1.57. The Kier molecular flexibility index (Phi) is 4.97. The van der Waals surface area contributed by atoms with E-state index in [1.165, 1.54) is 12.1 Å². The Morgan fingerprint density at radius 2 is 2.25 bits per heavy atom. The Balaban J connectivity index is 2.96. The van der Waals surface area contributed by atoms with E-state index in [1.54, 1.807) is 6.07 Å². The quantitative estimate of drug-likeness (QED) is 0.766. The van der Waals surface area contributed by atoms with E-state index < -0.39 is 0 Å². The molecule has 88 valence electrons. The van der Waals surface area contributed by atoms with Crippen LogP contribution in [-0.2, 0) is 0 Å². The van der Waals surface area contributed by atoms with E-state index in [0.717, 1.165) is 24.1 Å². The molecule has 3 heteroatoms. The van der Waals surface area contributed by atoms with Gasteiger partial charge in [-0.25, -0.2) is 4.39 Å². The number of rotatable bonds is 5. The van der Waals surface area contributed by atoms with Gasteiger partial charge in [-0.1, -0.05) is 36.7 Å². The summed E-state index contributed by atoms with van der Waals surface area (Å²) >= 11 is 6.03. The summed E-state index contributed by atoms with van der Waals surface area (Å²) in [5.74, 6) is -0.315. The molecule has 1 rings (SSSR count). The summed E-state index contributed by atoms with van der Waals surface area (Å²) in [5, 5.41) is 3.78. The summed E-state index contributed by atoms with van der Waals surface area (Å²) in [5.41, 5.74) is 1.85. The summed E-state index contributed by atoms with van der Waals surface area (Å²) in [6.45, 7) is 8.84. The Bertz CT molecular complexity index is 376. The number of hydrogen-bond donors (Lipinski definition) is 1. The lowest BCUT2D eigenvalue weighted by Gasteiger charge is -2.20. The van der Waals surface area contributed by atoms with Crippen molar-refractivity contribution in [3.8, 4) is 0 Å². The molecule has 1 unspecified atom stereocenters. The minimum Gasteiger partial charge on any atom is -0.307 e. The number of nitrogens with one attached hydrogen (secondary N) is 1. The largest absolute Gasteiger partial charge is 0.307 e. The first-order chi connectivity index (χ1) is 7.56. The molecule has 0 heterocycles. The molecule has 1 aromatic rings. The van der Waals surface area contributed by atoms with Crippen LogP contribution in [0.15, 0.2) is 30.4 Å². The smallest absolute Gasteiger partial charge is 0.124 e. The molecule has 0 aliphatic heterocycles. The van der Waals surface area contributed by atoms with Crippen molar-refractivity contribution in [3.63, 3.8) is 0 Å². The zero-order chi connectivity index (χ0) is 12.1. The maximum Gasteiger partial charge on any atom is 0.124 e. The van der Waals surface area contributed by atoms with E-state index in [1.807, 2.05) is 6.92 Å². The first-order valence-electron chi connectivity index (χ1n) is 5.40. The molecule has 1 nitrogen and oxygen atoms in total. The second-order valence-electron chi connectivity index (χ2n) is 3.90. The van der Waals surface area contributed by atoms with Gasteiger partial charge >= 0.3 is 0 Å². The fraction of sp³-hybridized carbons (Fsp3) is 0.385. The van der Waals surface area contributed by atoms with E-state index in [4.69, 9.17) is 11.6 Å². The van der Waals surface area contributed by atoms with Gasteiger partial charge in [-0.05, 0) is 37.6 Å². The Hall–Kier alpha value is -0.860.